The van der Waals surface area contributed by atoms with Crippen molar-refractivity contribution in [2.45, 2.75) is 101 Å². The van der Waals surface area contributed by atoms with Gasteiger partial charge in [-0.2, -0.15) is 20.8 Å². The van der Waals surface area contributed by atoms with Crippen molar-refractivity contribution in [2.24, 2.45) is 10.2 Å². The molecule has 0 aliphatic heterocycles. The minimum atomic E-state index is -0.674. The van der Waals surface area contributed by atoms with Crippen LogP contribution in [-0.2, 0) is 0 Å². The average Bonchev–Trinajstić information content (AvgIpc) is 2.49. The van der Waals surface area contributed by atoms with E-state index >= 15 is 0 Å². The van der Waals surface area contributed by atoms with Crippen LogP contribution in [0.5, 0.6) is 0 Å². The van der Waals surface area contributed by atoms with Gasteiger partial charge in [0.05, 0.1) is 12.1 Å². The molecule has 0 N–H and O–H groups in total. The second kappa shape index (κ2) is 8.28. The summed E-state index contributed by atoms with van der Waals surface area (Å²) in [7, 11) is 0. The average molecular weight is 300 g/mol. The van der Waals surface area contributed by atoms with Crippen LogP contribution in [0.1, 0.15) is 89.9 Å². The van der Waals surface area contributed by atoms with Gasteiger partial charge in [0.2, 0.25) is 0 Å². The van der Waals surface area contributed by atoms with Crippen molar-refractivity contribution in [3.8, 4) is 12.1 Å². The van der Waals surface area contributed by atoms with Gasteiger partial charge in [0.25, 0.3) is 0 Å². The summed E-state index contributed by atoms with van der Waals surface area (Å²) in [5, 5.41) is 28.3. The second-order valence-corrected chi connectivity index (χ2v) is 7.02. The van der Waals surface area contributed by atoms with Crippen molar-refractivity contribution in [1.29, 1.82) is 10.5 Å². The molecule has 0 amide bonds. The van der Waals surface area contributed by atoms with Crippen LogP contribution in [0.2, 0.25) is 0 Å². The Labute approximate surface area is 134 Å². The van der Waals surface area contributed by atoms with E-state index in [2.05, 4.69) is 22.4 Å². The maximum Gasteiger partial charge on any atom is 0.167 e. The van der Waals surface area contributed by atoms with E-state index in [1.807, 2.05) is 0 Å². The number of hydrogen-bond donors (Lipinski definition) is 0. The summed E-state index contributed by atoms with van der Waals surface area (Å²) < 4.78 is 0. The summed E-state index contributed by atoms with van der Waals surface area (Å²) in [6.07, 6.45) is 14.7. The fourth-order valence-electron chi connectivity index (χ4n) is 3.64. The molecule has 2 rings (SSSR count). The molecule has 2 fully saturated rings. The third kappa shape index (κ3) is 4.54. The van der Waals surface area contributed by atoms with Crippen molar-refractivity contribution in [3.05, 3.63) is 0 Å². The van der Waals surface area contributed by atoms with Crippen LogP contribution in [0.15, 0.2) is 10.2 Å². The molecule has 120 valence electrons. The van der Waals surface area contributed by atoms with Crippen molar-refractivity contribution in [2.75, 3.05) is 0 Å². The lowest BCUT2D eigenvalue weighted by molar-refractivity contribution is 0.331. The van der Waals surface area contributed by atoms with Crippen molar-refractivity contribution < 1.29 is 0 Å². The summed E-state index contributed by atoms with van der Waals surface area (Å²) in [6, 6.07) is 4.85. The van der Waals surface area contributed by atoms with Crippen LogP contribution in [0, 0.1) is 22.7 Å². The minimum Gasteiger partial charge on any atom is -0.196 e. The molecule has 0 saturated heterocycles. The molecule has 0 unspecified atom stereocenters. The summed E-state index contributed by atoms with van der Waals surface area (Å²) in [4.78, 5) is 0. The lowest BCUT2D eigenvalue weighted by atomic mass is 9.85. The molecule has 0 aromatic rings. The Balaban J connectivity index is 2.13. The van der Waals surface area contributed by atoms with Crippen LogP contribution in [-0.4, -0.2) is 11.1 Å². The lowest BCUT2D eigenvalue weighted by Crippen LogP contribution is -2.29. The zero-order chi connectivity index (χ0) is 15.7. The standard InChI is InChI=1S/C18H28N4/c19-15-17(11-7-3-1-4-8-12-17)21-22-18(16-20)13-9-5-2-6-10-14-18/h1-14H2/b22-21+. The molecule has 0 aromatic heterocycles. The van der Waals surface area contributed by atoms with Crippen molar-refractivity contribution in [3.63, 3.8) is 0 Å². The zero-order valence-corrected chi connectivity index (χ0v) is 13.7. The quantitative estimate of drug-likeness (QED) is 0.636. The van der Waals surface area contributed by atoms with E-state index in [0.717, 1.165) is 51.4 Å². The Hall–Kier alpha value is -1.42. The van der Waals surface area contributed by atoms with Gasteiger partial charge < -0.3 is 0 Å². The van der Waals surface area contributed by atoms with E-state index in [4.69, 9.17) is 0 Å². The molecule has 2 saturated carbocycles. The van der Waals surface area contributed by atoms with Crippen LogP contribution >= 0.6 is 0 Å². The van der Waals surface area contributed by atoms with Gasteiger partial charge in [-0.15, -0.1) is 0 Å². The predicted octanol–water partition coefficient (Wildman–Crippen LogP) is 5.45. The van der Waals surface area contributed by atoms with Gasteiger partial charge in [0, 0.05) is 0 Å². The highest BCUT2D eigenvalue weighted by Gasteiger charge is 2.34. The Morgan fingerprint density at radius 3 is 1.05 bits per heavy atom. The van der Waals surface area contributed by atoms with E-state index in [0.29, 0.717) is 0 Å². The largest absolute Gasteiger partial charge is 0.196 e. The lowest BCUT2D eigenvalue weighted by Gasteiger charge is -2.27. The van der Waals surface area contributed by atoms with Crippen molar-refractivity contribution >= 4 is 0 Å². The Morgan fingerprint density at radius 2 is 0.773 bits per heavy atom. The molecule has 4 nitrogen and oxygen atoms in total. The van der Waals surface area contributed by atoms with E-state index in [1.165, 1.54) is 38.5 Å². The van der Waals surface area contributed by atoms with Crippen LogP contribution in [0.25, 0.3) is 0 Å². The van der Waals surface area contributed by atoms with Gasteiger partial charge in [-0.25, -0.2) is 0 Å². The Morgan fingerprint density at radius 1 is 0.500 bits per heavy atom. The zero-order valence-electron chi connectivity index (χ0n) is 13.7. The smallest absolute Gasteiger partial charge is 0.167 e. The van der Waals surface area contributed by atoms with E-state index < -0.39 is 11.1 Å². The third-order valence-corrected chi connectivity index (χ3v) is 5.21. The van der Waals surface area contributed by atoms with Crippen LogP contribution < -0.4 is 0 Å². The number of azo groups is 1. The maximum absolute atomic E-state index is 9.66. The number of hydrogen-bond acceptors (Lipinski definition) is 4. The molecular weight excluding hydrogens is 272 g/mol. The first-order valence-electron chi connectivity index (χ1n) is 9.01. The van der Waals surface area contributed by atoms with Gasteiger partial charge >= 0.3 is 0 Å². The highest BCUT2D eigenvalue weighted by molar-refractivity contribution is 5.11. The van der Waals surface area contributed by atoms with E-state index in [1.54, 1.807) is 0 Å². The van der Waals surface area contributed by atoms with E-state index in [-0.39, 0.29) is 0 Å². The summed E-state index contributed by atoms with van der Waals surface area (Å²) in [5.74, 6) is 0. The fraction of sp³-hybridized carbons (Fsp3) is 0.889. The second-order valence-electron chi connectivity index (χ2n) is 7.02. The van der Waals surface area contributed by atoms with Gasteiger partial charge in [-0.3, -0.25) is 0 Å². The number of nitriles is 2. The summed E-state index contributed by atoms with van der Waals surface area (Å²) in [6.45, 7) is 0. The normalized spacial score (nSPS) is 25.9. The van der Waals surface area contributed by atoms with E-state index in [9.17, 15) is 10.5 Å². The Bertz CT molecular complexity index is 397. The number of nitrogens with zero attached hydrogens (tertiary/aromatic N) is 4. The van der Waals surface area contributed by atoms with Gasteiger partial charge in [-0.05, 0) is 51.4 Å². The molecule has 0 radical (unpaired) electrons. The summed E-state index contributed by atoms with van der Waals surface area (Å²) in [5.41, 5.74) is -1.35. The monoisotopic (exact) mass is 300 g/mol. The molecule has 0 spiro atoms. The first kappa shape index (κ1) is 16.9. The van der Waals surface area contributed by atoms with Gasteiger partial charge in [-0.1, -0.05) is 38.5 Å². The van der Waals surface area contributed by atoms with Gasteiger partial charge in [0.1, 0.15) is 0 Å². The topological polar surface area (TPSA) is 72.3 Å². The first-order chi connectivity index (χ1) is 10.7. The predicted molar refractivity (Wildman–Crippen MR) is 86.2 cm³/mol. The molecule has 2 aliphatic rings. The molecular formula is C18H28N4. The molecule has 0 bridgehead atoms. The molecule has 0 heterocycles. The molecule has 22 heavy (non-hydrogen) atoms. The maximum atomic E-state index is 9.66. The Kier molecular flexibility index (Phi) is 6.37. The molecule has 4 heteroatoms. The highest BCUT2D eigenvalue weighted by atomic mass is 15.2. The summed E-state index contributed by atoms with van der Waals surface area (Å²) >= 11 is 0. The third-order valence-electron chi connectivity index (χ3n) is 5.21. The first-order valence-corrected chi connectivity index (χ1v) is 9.01. The molecule has 0 atom stereocenters. The van der Waals surface area contributed by atoms with Crippen LogP contribution in [0.4, 0.5) is 0 Å². The van der Waals surface area contributed by atoms with Crippen molar-refractivity contribution in [1.82, 2.24) is 0 Å². The highest BCUT2D eigenvalue weighted by Crippen LogP contribution is 2.34. The number of rotatable bonds is 2. The fourth-order valence-corrected chi connectivity index (χ4v) is 3.64. The van der Waals surface area contributed by atoms with Gasteiger partial charge in [0.15, 0.2) is 11.1 Å². The SMILES string of the molecule is N#CC1(/N=N/C2(C#N)CCCCCCC2)CCCCCCC1. The minimum absolute atomic E-state index is 0.674. The molecule has 0 aromatic carbocycles. The van der Waals surface area contributed by atoms with Crippen LogP contribution in [0.3, 0.4) is 0 Å². The molecule has 2 aliphatic carbocycles.